The van der Waals surface area contributed by atoms with Crippen LogP contribution in [0.25, 0.3) is 10.8 Å². The Balaban J connectivity index is 1.84. The van der Waals surface area contributed by atoms with Crippen LogP contribution in [0.2, 0.25) is 0 Å². The van der Waals surface area contributed by atoms with E-state index in [0.717, 1.165) is 24.7 Å². The summed E-state index contributed by atoms with van der Waals surface area (Å²) in [5.41, 5.74) is 6.80. The molecule has 2 heterocycles. The van der Waals surface area contributed by atoms with Gasteiger partial charge in [0, 0.05) is 18.5 Å². The average molecular weight is 283 g/mol. The number of nitrogens with two attached hydrogens (primary N) is 1. The predicted molar refractivity (Wildman–Crippen MR) is 84.4 cm³/mol. The molecule has 1 aliphatic carbocycles. The molecule has 1 saturated heterocycles. The molecule has 0 amide bonds. The average Bonchev–Trinajstić information content (AvgIpc) is 3.02. The minimum Gasteiger partial charge on any atom is -0.374 e. The number of ether oxygens (including phenoxy) is 1. The quantitative estimate of drug-likeness (QED) is 0.920. The molecule has 2 atom stereocenters. The molecule has 4 rings (SSSR count). The normalized spacial score (nSPS) is 25.3. The maximum Gasteiger partial charge on any atom is 0.137 e. The smallest absolute Gasteiger partial charge is 0.137 e. The largest absolute Gasteiger partial charge is 0.374 e. The van der Waals surface area contributed by atoms with E-state index in [1.165, 1.54) is 30.0 Å². The van der Waals surface area contributed by atoms with Crippen LogP contribution in [0, 0.1) is 0 Å². The third-order valence-electron chi connectivity index (χ3n) is 4.74. The summed E-state index contributed by atoms with van der Waals surface area (Å²) in [5, 5.41) is 2.45. The van der Waals surface area contributed by atoms with Crippen molar-refractivity contribution < 1.29 is 4.74 Å². The van der Waals surface area contributed by atoms with Crippen LogP contribution in [0.3, 0.4) is 0 Å². The van der Waals surface area contributed by atoms with Crippen LogP contribution in [-0.2, 0) is 11.3 Å². The third kappa shape index (κ3) is 2.19. The number of anilines is 1. The first-order valence-corrected chi connectivity index (χ1v) is 7.84. The van der Waals surface area contributed by atoms with Gasteiger partial charge in [0.15, 0.2) is 0 Å². The summed E-state index contributed by atoms with van der Waals surface area (Å²) in [6.45, 7) is 2.20. The number of aromatic nitrogens is 1. The fourth-order valence-electron chi connectivity index (χ4n) is 3.75. The lowest BCUT2D eigenvalue weighted by Crippen LogP contribution is -2.49. The predicted octanol–water partition coefficient (Wildman–Crippen LogP) is 2.45. The topological polar surface area (TPSA) is 51.4 Å². The summed E-state index contributed by atoms with van der Waals surface area (Å²) in [4.78, 5) is 7.31. The fourth-order valence-corrected chi connectivity index (χ4v) is 3.75. The van der Waals surface area contributed by atoms with E-state index in [9.17, 15) is 0 Å². The van der Waals surface area contributed by atoms with Gasteiger partial charge >= 0.3 is 0 Å². The number of pyridine rings is 1. The Hall–Kier alpha value is -1.65. The first-order chi connectivity index (χ1) is 10.4. The summed E-state index contributed by atoms with van der Waals surface area (Å²) < 4.78 is 5.93. The van der Waals surface area contributed by atoms with Crippen molar-refractivity contribution in [3.8, 4) is 0 Å². The Labute approximate surface area is 124 Å². The number of fused-ring (bicyclic) bond motifs is 2. The second-order valence-corrected chi connectivity index (χ2v) is 5.96. The van der Waals surface area contributed by atoms with Crippen LogP contribution in [0.15, 0.2) is 30.3 Å². The van der Waals surface area contributed by atoms with Crippen LogP contribution in [0.4, 0.5) is 5.82 Å². The Bertz CT molecular complexity index is 658. The number of nitrogens with zero attached hydrogens (tertiary/aromatic N) is 2. The van der Waals surface area contributed by atoms with Crippen molar-refractivity contribution in [1.29, 1.82) is 0 Å². The van der Waals surface area contributed by atoms with Crippen LogP contribution >= 0.6 is 0 Å². The van der Waals surface area contributed by atoms with Gasteiger partial charge in [-0.3, -0.25) is 0 Å². The molecule has 110 valence electrons. The minimum atomic E-state index is 0.376. The van der Waals surface area contributed by atoms with Gasteiger partial charge in [-0.1, -0.05) is 24.3 Å². The molecule has 0 spiro atoms. The third-order valence-corrected chi connectivity index (χ3v) is 4.74. The highest BCUT2D eigenvalue weighted by Crippen LogP contribution is 2.35. The molecule has 2 aliphatic rings. The minimum absolute atomic E-state index is 0.376. The highest BCUT2D eigenvalue weighted by atomic mass is 16.5. The standard InChI is InChI=1S/C17H21N3O/c18-11-13-10-12-4-1-2-5-14(12)17(19-13)20-8-9-21-16-7-3-6-15(16)20/h1-2,4-5,10,15-16H,3,6-9,11,18H2. The van der Waals surface area contributed by atoms with E-state index in [2.05, 4.69) is 35.2 Å². The highest BCUT2D eigenvalue weighted by molar-refractivity contribution is 5.92. The van der Waals surface area contributed by atoms with Gasteiger partial charge in [0.1, 0.15) is 5.82 Å². The van der Waals surface area contributed by atoms with Crippen LogP contribution in [0.5, 0.6) is 0 Å². The molecule has 2 aromatic rings. The van der Waals surface area contributed by atoms with Crippen LogP contribution in [0.1, 0.15) is 25.0 Å². The molecule has 4 heteroatoms. The molecule has 2 fully saturated rings. The van der Waals surface area contributed by atoms with E-state index in [1.807, 2.05) is 0 Å². The summed E-state index contributed by atoms with van der Waals surface area (Å²) in [7, 11) is 0. The van der Waals surface area contributed by atoms with Gasteiger partial charge < -0.3 is 15.4 Å². The molecule has 0 bridgehead atoms. The van der Waals surface area contributed by atoms with Crippen LogP contribution < -0.4 is 10.6 Å². The van der Waals surface area contributed by atoms with Crippen LogP contribution in [-0.4, -0.2) is 30.3 Å². The van der Waals surface area contributed by atoms with Gasteiger partial charge in [-0.05, 0) is 30.7 Å². The van der Waals surface area contributed by atoms with Crippen molar-refractivity contribution in [2.45, 2.75) is 38.0 Å². The van der Waals surface area contributed by atoms with Crippen molar-refractivity contribution in [1.82, 2.24) is 4.98 Å². The van der Waals surface area contributed by atoms with Gasteiger partial charge in [0.2, 0.25) is 0 Å². The molecule has 1 saturated carbocycles. The molecule has 2 N–H and O–H groups in total. The molecule has 21 heavy (non-hydrogen) atoms. The van der Waals surface area contributed by atoms with Crippen molar-refractivity contribution in [3.63, 3.8) is 0 Å². The second kappa shape index (κ2) is 5.28. The molecular formula is C17H21N3O. The van der Waals surface area contributed by atoms with Crippen molar-refractivity contribution in [2.75, 3.05) is 18.1 Å². The summed E-state index contributed by atoms with van der Waals surface area (Å²) in [6, 6.07) is 11.0. The SMILES string of the molecule is NCc1cc2ccccc2c(N2CCOC3CCCC32)n1. The zero-order valence-corrected chi connectivity index (χ0v) is 12.2. The molecule has 0 radical (unpaired) electrons. The first kappa shape index (κ1) is 13.0. The number of hydrogen-bond donors (Lipinski definition) is 1. The van der Waals surface area contributed by atoms with Crippen molar-refractivity contribution >= 4 is 16.6 Å². The number of rotatable bonds is 2. The summed E-state index contributed by atoms with van der Waals surface area (Å²) in [5.74, 6) is 1.09. The van der Waals surface area contributed by atoms with E-state index < -0.39 is 0 Å². The zero-order valence-electron chi connectivity index (χ0n) is 12.2. The zero-order chi connectivity index (χ0) is 14.2. The van der Waals surface area contributed by atoms with Gasteiger partial charge in [-0.25, -0.2) is 4.98 Å². The molecular weight excluding hydrogens is 262 g/mol. The van der Waals surface area contributed by atoms with E-state index in [4.69, 9.17) is 15.5 Å². The van der Waals surface area contributed by atoms with Crippen molar-refractivity contribution in [3.05, 3.63) is 36.0 Å². The summed E-state index contributed by atoms with van der Waals surface area (Å²) in [6.07, 6.45) is 4.00. The maximum absolute atomic E-state index is 5.93. The van der Waals surface area contributed by atoms with E-state index >= 15 is 0 Å². The lowest BCUT2D eigenvalue weighted by molar-refractivity contribution is 0.0254. The molecule has 2 unspecified atom stereocenters. The molecule has 1 aromatic heterocycles. The van der Waals surface area contributed by atoms with Gasteiger partial charge in [-0.15, -0.1) is 0 Å². The maximum atomic E-state index is 5.93. The van der Waals surface area contributed by atoms with Gasteiger partial charge in [0.25, 0.3) is 0 Å². The highest BCUT2D eigenvalue weighted by Gasteiger charge is 2.37. The Morgan fingerprint density at radius 2 is 2.19 bits per heavy atom. The first-order valence-electron chi connectivity index (χ1n) is 7.84. The monoisotopic (exact) mass is 283 g/mol. The van der Waals surface area contributed by atoms with E-state index in [1.54, 1.807) is 0 Å². The fraction of sp³-hybridized carbons (Fsp3) is 0.471. The molecule has 4 nitrogen and oxygen atoms in total. The van der Waals surface area contributed by atoms with Gasteiger partial charge in [-0.2, -0.15) is 0 Å². The van der Waals surface area contributed by atoms with E-state index in [-0.39, 0.29) is 0 Å². The Kier molecular flexibility index (Phi) is 3.28. The summed E-state index contributed by atoms with van der Waals surface area (Å²) >= 11 is 0. The van der Waals surface area contributed by atoms with Gasteiger partial charge in [0.05, 0.1) is 24.4 Å². The Morgan fingerprint density at radius 3 is 3.10 bits per heavy atom. The lowest BCUT2D eigenvalue weighted by atomic mass is 10.1. The number of hydrogen-bond acceptors (Lipinski definition) is 4. The van der Waals surface area contributed by atoms with Crippen molar-refractivity contribution in [2.24, 2.45) is 5.73 Å². The number of benzene rings is 1. The second-order valence-electron chi connectivity index (χ2n) is 5.96. The Morgan fingerprint density at radius 1 is 1.29 bits per heavy atom. The lowest BCUT2D eigenvalue weighted by Gasteiger charge is -2.39. The molecule has 1 aromatic carbocycles. The number of morpholine rings is 1. The molecule has 1 aliphatic heterocycles. The van der Waals surface area contributed by atoms with E-state index in [0.29, 0.717) is 18.7 Å².